The van der Waals surface area contributed by atoms with Gasteiger partial charge in [-0.15, -0.1) is 0 Å². The van der Waals surface area contributed by atoms with Gasteiger partial charge >= 0.3 is 6.18 Å². The van der Waals surface area contributed by atoms with Crippen LogP contribution in [0.4, 0.5) is 13.2 Å². The lowest BCUT2D eigenvalue weighted by molar-refractivity contribution is -0.275. The van der Waals surface area contributed by atoms with E-state index in [1.165, 1.54) is 24.0 Å². The summed E-state index contributed by atoms with van der Waals surface area (Å²) in [6, 6.07) is 3.07. The largest absolute Gasteiger partial charge is 0.435 e. The Hall–Kier alpha value is -2.50. The first kappa shape index (κ1) is 24.2. The highest BCUT2D eigenvalue weighted by Gasteiger charge is 2.63. The minimum Gasteiger partial charge on any atom is -0.374 e. The molecule has 1 aromatic carbocycles. The minimum atomic E-state index is -4.79. The second-order valence-electron chi connectivity index (χ2n) is 8.41. The number of carbonyl (C=O) groups is 2. The number of halogens is 5. The van der Waals surface area contributed by atoms with E-state index in [0.29, 0.717) is 17.9 Å². The number of alkyl halides is 3. The summed E-state index contributed by atoms with van der Waals surface area (Å²) in [7, 11) is 0. The van der Waals surface area contributed by atoms with Crippen molar-refractivity contribution in [1.82, 2.24) is 10.6 Å². The minimum absolute atomic E-state index is 0.0500. The number of dihydropyridines is 1. The molecule has 35 heavy (non-hydrogen) atoms. The number of fused-ring (bicyclic) bond motifs is 1. The molecule has 13 heteroatoms. The van der Waals surface area contributed by atoms with Gasteiger partial charge in [0.2, 0.25) is 5.91 Å². The standard InChI is InChI=1S/C22H17Cl2F3N4O3S/c23-13-5-12(6-14(24)7-13)21(22(25,26)27)8-16(31-34-21)17-4-10-3-11(9-29-20(10)35-17)18(32)30-15-1-2-28-19(15)33/h3-7,9-10,15,20H,1-2,8H2,(H,28,33)(H,30,32)/t10?,15-,20?,21?/m1/s1. The normalized spacial score (nSPS) is 29.7. The van der Waals surface area contributed by atoms with E-state index in [-0.39, 0.29) is 44.1 Å². The van der Waals surface area contributed by atoms with Gasteiger partial charge in [-0.05, 0) is 24.6 Å². The molecule has 0 spiro atoms. The summed E-state index contributed by atoms with van der Waals surface area (Å²) >= 11 is 13.1. The summed E-state index contributed by atoms with van der Waals surface area (Å²) in [5.74, 6) is -1.00. The first-order valence-corrected chi connectivity index (χ1v) is 12.2. The van der Waals surface area contributed by atoms with Gasteiger partial charge < -0.3 is 15.5 Å². The molecular formula is C22H17Cl2F3N4O3S. The van der Waals surface area contributed by atoms with Crippen LogP contribution in [0.2, 0.25) is 10.0 Å². The number of allylic oxidation sites excluding steroid dienone is 1. The summed E-state index contributed by atoms with van der Waals surface area (Å²) < 4.78 is 42.7. The Bertz CT molecular complexity index is 1210. The van der Waals surface area contributed by atoms with Crippen molar-refractivity contribution < 1.29 is 27.6 Å². The van der Waals surface area contributed by atoms with Gasteiger partial charge in [0.05, 0.1) is 17.7 Å². The van der Waals surface area contributed by atoms with Gasteiger partial charge in [0.15, 0.2) is 0 Å². The Morgan fingerprint density at radius 3 is 2.63 bits per heavy atom. The molecule has 4 aliphatic heterocycles. The van der Waals surface area contributed by atoms with Crippen molar-refractivity contribution in [3.05, 3.63) is 56.4 Å². The molecule has 4 aliphatic rings. The van der Waals surface area contributed by atoms with Crippen LogP contribution in [-0.2, 0) is 20.0 Å². The van der Waals surface area contributed by atoms with Crippen molar-refractivity contribution in [2.45, 2.75) is 36.0 Å². The molecule has 0 saturated carbocycles. The Morgan fingerprint density at radius 1 is 1.23 bits per heavy atom. The lowest BCUT2D eigenvalue weighted by Crippen LogP contribution is -2.42. The summed E-state index contributed by atoms with van der Waals surface area (Å²) in [5.41, 5.74) is -2.56. The Balaban J connectivity index is 1.35. The number of nitrogens with one attached hydrogen (secondary N) is 2. The summed E-state index contributed by atoms with van der Waals surface area (Å²) in [6.45, 7) is 0.495. The van der Waals surface area contributed by atoms with Crippen LogP contribution in [0.5, 0.6) is 0 Å². The molecule has 1 saturated heterocycles. The molecule has 1 fully saturated rings. The molecule has 3 unspecified atom stereocenters. The zero-order valence-corrected chi connectivity index (χ0v) is 20.1. The van der Waals surface area contributed by atoms with Crippen LogP contribution in [0.25, 0.3) is 0 Å². The maximum absolute atomic E-state index is 14.2. The highest BCUT2D eigenvalue weighted by Crippen LogP contribution is 2.52. The molecule has 0 bridgehead atoms. The van der Waals surface area contributed by atoms with Crippen LogP contribution in [0, 0.1) is 5.92 Å². The summed E-state index contributed by atoms with van der Waals surface area (Å²) in [4.78, 5) is 34.2. The van der Waals surface area contributed by atoms with Crippen LogP contribution in [0.15, 0.2) is 51.0 Å². The monoisotopic (exact) mass is 544 g/mol. The van der Waals surface area contributed by atoms with Gasteiger partial charge in [0.1, 0.15) is 11.4 Å². The van der Waals surface area contributed by atoms with Crippen LogP contribution in [-0.4, -0.2) is 47.9 Å². The third kappa shape index (κ3) is 4.45. The van der Waals surface area contributed by atoms with Gasteiger partial charge in [-0.3, -0.25) is 14.6 Å². The number of oxime groups is 1. The van der Waals surface area contributed by atoms with E-state index in [9.17, 15) is 22.8 Å². The molecule has 184 valence electrons. The van der Waals surface area contributed by atoms with E-state index in [4.69, 9.17) is 28.0 Å². The SMILES string of the molecule is O=C(N[C@@H]1CCNC1=O)C1=CC2C=C(C3=NOC(c4cc(Cl)cc(Cl)c4)(C(F)(F)F)C3)SC2N=C1. The third-order valence-corrected chi connectivity index (χ3v) is 7.81. The first-order valence-electron chi connectivity index (χ1n) is 10.6. The topological polar surface area (TPSA) is 92.2 Å². The second kappa shape index (κ2) is 8.86. The molecule has 2 amide bonds. The Kier molecular flexibility index (Phi) is 6.13. The summed E-state index contributed by atoms with van der Waals surface area (Å²) in [5, 5.41) is 8.86. The van der Waals surface area contributed by atoms with E-state index >= 15 is 0 Å². The molecule has 2 N–H and O–H groups in total. The third-order valence-electron chi connectivity index (χ3n) is 6.07. The van der Waals surface area contributed by atoms with Crippen molar-refractivity contribution in [1.29, 1.82) is 0 Å². The van der Waals surface area contributed by atoms with Crippen LogP contribution < -0.4 is 10.6 Å². The van der Waals surface area contributed by atoms with E-state index in [0.717, 1.165) is 12.1 Å². The number of thioether (sulfide) groups is 1. The van der Waals surface area contributed by atoms with Crippen molar-refractivity contribution in [3.8, 4) is 0 Å². The smallest absolute Gasteiger partial charge is 0.374 e. The molecule has 7 nitrogen and oxygen atoms in total. The molecule has 5 rings (SSSR count). The van der Waals surface area contributed by atoms with E-state index in [2.05, 4.69) is 20.8 Å². The Labute approximate surface area is 211 Å². The van der Waals surface area contributed by atoms with E-state index < -0.39 is 30.1 Å². The average Bonchev–Trinajstić information content (AvgIpc) is 3.50. The fourth-order valence-electron chi connectivity index (χ4n) is 4.26. The molecule has 1 aromatic rings. The number of carbonyl (C=O) groups excluding carboxylic acids is 2. The molecule has 4 heterocycles. The maximum Gasteiger partial charge on any atom is 0.435 e. The van der Waals surface area contributed by atoms with Crippen LogP contribution in [0.3, 0.4) is 0 Å². The number of nitrogens with zero attached hydrogens (tertiary/aromatic N) is 2. The number of rotatable bonds is 4. The zero-order valence-electron chi connectivity index (χ0n) is 17.7. The van der Waals surface area contributed by atoms with Crippen molar-refractivity contribution in [3.63, 3.8) is 0 Å². The number of aliphatic imine (C=N–C) groups is 1. The van der Waals surface area contributed by atoms with Gasteiger partial charge in [-0.25, -0.2) is 0 Å². The quantitative estimate of drug-likeness (QED) is 0.596. The molecule has 0 radical (unpaired) electrons. The summed E-state index contributed by atoms with van der Waals surface area (Å²) in [6.07, 6.45) is -0.0414. The molecule has 0 aromatic heterocycles. The number of amides is 2. The van der Waals surface area contributed by atoms with Crippen molar-refractivity contribution in [2.75, 3.05) is 6.54 Å². The van der Waals surface area contributed by atoms with Gasteiger partial charge in [-0.1, -0.05) is 52.3 Å². The lowest BCUT2D eigenvalue weighted by Gasteiger charge is -2.29. The number of benzene rings is 1. The zero-order chi connectivity index (χ0) is 25.0. The Morgan fingerprint density at radius 2 is 1.97 bits per heavy atom. The lowest BCUT2D eigenvalue weighted by atomic mass is 9.87. The highest BCUT2D eigenvalue weighted by atomic mass is 35.5. The highest BCUT2D eigenvalue weighted by molar-refractivity contribution is 8.04. The average molecular weight is 545 g/mol. The van der Waals surface area contributed by atoms with Crippen LogP contribution >= 0.6 is 35.0 Å². The van der Waals surface area contributed by atoms with Crippen LogP contribution in [0.1, 0.15) is 18.4 Å². The predicted octanol–water partition coefficient (Wildman–Crippen LogP) is 4.12. The molecular weight excluding hydrogens is 528 g/mol. The van der Waals surface area contributed by atoms with Crippen molar-refractivity contribution in [2.24, 2.45) is 16.1 Å². The second-order valence-corrected chi connectivity index (χ2v) is 10.4. The van der Waals surface area contributed by atoms with Gasteiger partial charge in [0.25, 0.3) is 11.5 Å². The first-order chi connectivity index (χ1) is 16.6. The molecule has 0 aliphatic carbocycles. The fraction of sp³-hybridized carbons (Fsp3) is 0.364. The van der Waals surface area contributed by atoms with E-state index in [1.807, 2.05) is 0 Å². The molecule has 4 atom stereocenters. The number of hydrogen-bond acceptors (Lipinski definition) is 6. The van der Waals surface area contributed by atoms with E-state index in [1.54, 1.807) is 12.2 Å². The van der Waals surface area contributed by atoms with Gasteiger partial charge in [0, 0.05) is 39.2 Å². The van der Waals surface area contributed by atoms with Gasteiger partial charge in [-0.2, -0.15) is 13.2 Å². The maximum atomic E-state index is 14.2. The van der Waals surface area contributed by atoms with Crippen molar-refractivity contribution >= 4 is 58.7 Å². The number of hydrogen-bond donors (Lipinski definition) is 2. The predicted molar refractivity (Wildman–Crippen MR) is 126 cm³/mol. The fourth-order valence-corrected chi connectivity index (χ4v) is 5.97.